The minimum Gasteiger partial charge on any atom is -0.496 e. The molecule has 6 nitrogen and oxygen atoms in total. The van der Waals surface area contributed by atoms with Gasteiger partial charge in [-0.3, -0.25) is 15.5 Å². The summed E-state index contributed by atoms with van der Waals surface area (Å²) in [5.41, 5.74) is 4.41. The number of methoxy groups -OCH3 is 1. The molecule has 0 aliphatic rings. The normalized spacial score (nSPS) is 10.6. The average molecular weight is 350 g/mol. The Hall–Kier alpha value is -2.41. The summed E-state index contributed by atoms with van der Waals surface area (Å²) in [7, 11) is 1.60. The summed E-state index contributed by atoms with van der Waals surface area (Å²) in [6, 6.07) is 11.6. The van der Waals surface area contributed by atoms with Crippen molar-refractivity contribution in [2.75, 3.05) is 12.5 Å². The Labute approximate surface area is 129 Å². The number of hydrogen-bond donors (Lipinski definition) is 1. The number of benzene rings is 2. The Bertz CT molecular complexity index is 672. The Morgan fingerprint density at radius 1 is 1.29 bits per heavy atom. The molecule has 0 spiro atoms. The summed E-state index contributed by atoms with van der Waals surface area (Å²) in [5.74, 6) is 0.746. The van der Waals surface area contributed by atoms with Gasteiger partial charge in [0.2, 0.25) is 0 Å². The van der Waals surface area contributed by atoms with Crippen molar-refractivity contribution in [2.24, 2.45) is 5.10 Å². The first-order valence-corrected chi connectivity index (χ1v) is 6.76. The van der Waals surface area contributed by atoms with Crippen LogP contribution in [0.15, 0.2) is 52.0 Å². The monoisotopic (exact) mass is 349 g/mol. The van der Waals surface area contributed by atoms with Gasteiger partial charge in [-0.2, -0.15) is 5.10 Å². The number of non-ortho nitro benzene ring substituents is 1. The van der Waals surface area contributed by atoms with E-state index < -0.39 is 4.92 Å². The van der Waals surface area contributed by atoms with E-state index in [1.807, 2.05) is 18.2 Å². The molecule has 2 aromatic carbocycles. The van der Waals surface area contributed by atoms with Crippen LogP contribution < -0.4 is 10.2 Å². The molecule has 1 N–H and O–H groups in total. The molecule has 0 aliphatic carbocycles. The van der Waals surface area contributed by atoms with Gasteiger partial charge >= 0.3 is 0 Å². The molecular weight excluding hydrogens is 338 g/mol. The topological polar surface area (TPSA) is 76.8 Å². The van der Waals surface area contributed by atoms with E-state index in [0.717, 1.165) is 15.8 Å². The second kappa shape index (κ2) is 6.85. The lowest BCUT2D eigenvalue weighted by atomic mass is 10.2. The zero-order chi connectivity index (χ0) is 15.2. The van der Waals surface area contributed by atoms with Crippen molar-refractivity contribution in [3.05, 3.63) is 62.6 Å². The third kappa shape index (κ3) is 4.03. The van der Waals surface area contributed by atoms with Crippen LogP contribution in [0, 0.1) is 10.1 Å². The summed E-state index contributed by atoms with van der Waals surface area (Å²) in [6.45, 7) is 0. The number of nitro groups is 1. The highest BCUT2D eigenvalue weighted by molar-refractivity contribution is 9.10. The fourth-order valence-electron chi connectivity index (χ4n) is 1.60. The maximum Gasteiger partial charge on any atom is 0.269 e. The van der Waals surface area contributed by atoms with Gasteiger partial charge in [-0.1, -0.05) is 0 Å². The molecule has 0 amide bonds. The van der Waals surface area contributed by atoms with Crippen LogP contribution in [0.2, 0.25) is 0 Å². The highest BCUT2D eigenvalue weighted by atomic mass is 79.9. The SMILES string of the molecule is COc1ccc(/C=N\Nc2ccc([N+](=O)[O-])cc2)cc1Br. The van der Waals surface area contributed by atoms with Crippen molar-refractivity contribution >= 4 is 33.5 Å². The van der Waals surface area contributed by atoms with Crippen molar-refractivity contribution in [2.45, 2.75) is 0 Å². The quantitative estimate of drug-likeness (QED) is 0.505. The smallest absolute Gasteiger partial charge is 0.269 e. The van der Waals surface area contributed by atoms with Crippen molar-refractivity contribution in [1.29, 1.82) is 0 Å². The van der Waals surface area contributed by atoms with E-state index in [0.29, 0.717) is 5.69 Å². The average Bonchev–Trinajstić information content (AvgIpc) is 2.48. The van der Waals surface area contributed by atoms with Crippen LogP contribution in [-0.4, -0.2) is 18.2 Å². The standard InChI is InChI=1S/C14H12BrN3O3/c1-21-14-7-2-10(8-13(14)15)9-16-17-11-3-5-12(6-4-11)18(19)20/h2-9,17H,1H3/b16-9-. The van der Waals surface area contributed by atoms with Crippen molar-refractivity contribution in [1.82, 2.24) is 0 Å². The number of anilines is 1. The van der Waals surface area contributed by atoms with Gasteiger partial charge in [0.15, 0.2) is 0 Å². The Morgan fingerprint density at radius 2 is 2.00 bits per heavy atom. The maximum absolute atomic E-state index is 10.5. The van der Waals surface area contributed by atoms with Crippen LogP contribution >= 0.6 is 15.9 Å². The molecule has 108 valence electrons. The van der Waals surface area contributed by atoms with E-state index in [1.165, 1.54) is 12.1 Å². The van der Waals surface area contributed by atoms with Crippen LogP contribution in [-0.2, 0) is 0 Å². The molecular formula is C14H12BrN3O3. The minimum absolute atomic E-state index is 0.0450. The molecule has 0 fully saturated rings. The number of rotatable bonds is 5. The molecule has 0 saturated carbocycles. The van der Waals surface area contributed by atoms with E-state index in [1.54, 1.807) is 25.5 Å². The number of hydrogen-bond acceptors (Lipinski definition) is 5. The van der Waals surface area contributed by atoms with E-state index in [-0.39, 0.29) is 5.69 Å². The van der Waals surface area contributed by atoms with Crippen molar-refractivity contribution < 1.29 is 9.66 Å². The van der Waals surface area contributed by atoms with Gasteiger partial charge in [-0.25, -0.2) is 0 Å². The number of halogens is 1. The van der Waals surface area contributed by atoms with Crippen LogP contribution in [0.5, 0.6) is 5.75 Å². The van der Waals surface area contributed by atoms with Gasteiger partial charge < -0.3 is 4.74 Å². The number of nitrogens with one attached hydrogen (secondary N) is 1. The first-order valence-electron chi connectivity index (χ1n) is 5.97. The Balaban J connectivity index is 2.01. The Morgan fingerprint density at radius 3 is 2.57 bits per heavy atom. The molecule has 0 atom stereocenters. The fraction of sp³-hybridized carbons (Fsp3) is 0.0714. The molecule has 0 unspecified atom stereocenters. The number of ether oxygens (including phenoxy) is 1. The van der Waals surface area contributed by atoms with E-state index in [9.17, 15) is 10.1 Å². The fourth-order valence-corrected chi connectivity index (χ4v) is 2.16. The summed E-state index contributed by atoms with van der Waals surface area (Å²) >= 11 is 3.39. The molecule has 0 bridgehead atoms. The molecule has 2 rings (SSSR count). The third-order valence-electron chi connectivity index (χ3n) is 2.66. The van der Waals surface area contributed by atoms with E-state index >= 15 is 0 Å². The van der Waals surface area contributed by atoms with Crippen LogP contribution in [0.3, 0.4) is 0 Å². The van der Waals surface area contributed by atoms with Crippen molar-refractivity contribution in [3.8, 4) is 5.75 Å². The van der Waals surface area contributed by atoms with Gasteiger partial charge in [-0.05, 0) is 51.8 Å². The first kappa shape index (κ1) is 15.0. The highest BCUT2D eigenvalue weighted by Gasteiger charge is 2.03. The predicted octanol–water partition coefficient (Wildman–Crippen LogP) is 3.81. The number of nitro benzene ring substituents is 1. The molecule has 0 aromatic heterocycles. The third-order valence-corrected chi connectivity index (χ3v) is 3.28. The minimum atomic E-state index is -0.443. The molecule has 0 radical (unpaired) electrons. The first-order chi connectivity index (χ1) is 10.1. The lowest BCUT2D eigenvalue weighted by molar-refractivity contribution is -0.384. The molecule has 7 heteroatoms. The van der Waals surface area contributed by atoms with Crippen molar-refractivity contribution in [3.63, 3.8) is 0 Å². The second-order valence-electron chi connectivity index (χ2n) is 4.07. The highest BCUT2D eigenvalue weighted by Crippen LogP contribution is 2.24. The summed E-state index contributed by atoms with van der Waals surface area (Å²) in [4.78, 5) is 10.1. The number of hydrazone groups is 1. The maximum atomic E-state index is 10.5. The van der Waals surface area contributed by atoms with Gasteiger partial charge in [-0.15, -0.1) is 0 Å². The summed E-state index contributed by atoms with van der Waals surface area (Å²) in [6.07, 6.45) is 1.64. The Kier molecular flexibility index (Phi) is 4.89. The summed E-state index contributed by atoms with van der Waals surface area (Å²) < 4.78 is 5.98. The van der Waals surface area contributed by atoms with Gasteiger partial charge in [0.05, 0.1) is 28.4 Å². The molecule has 0 saturated heterocycles. The molecule has 0 aliphatic heterocycles. The molecule has 21 heavy (non-hydrogen) atoms. The second-order valence-corrected chi connectivity index (χ2v) is 4.92. The summed E-state index contributed by atoms with van der Waals surface area (Å²) in [5, 5.41) is 14.6. The van der Waals surface area contributed by atoms with Crippen LogP contribution in [0.1, 0.15) is 5.56 Å². The zero-order valence-electron chi connectivity index (χ0n) is 11.1. The number of nitrogens with zero attached hydrogens (tertiary/aromatic N) is 2. The molecule has 0 heterocycles. The zero-order valence-corrected chi connectivity index (χ0v) is 12.7. The lowest BCUT2D eigenvalue weighted by Crippen LogP contribution is -1.92. The van der Waals surface area contributed by atoms with E-state index in [4.69, 9.17) is 4.74 Å². The largest absolute Gasteiger partial charge is 0.496 e. The molecule has 2 aromatic rings. The van der Waals surface area contributed by atoms with Crippen LogP contribution in [0.25, 0.3) is 0 Å². The van der Waals surface area contributed by atoms with Crippen LogP contribution in [0.4, 0.5) is 11.4 Å². The van der Waals surface area contributed by atoms with E-state index in [2.05, 4.69) is 26.5 Å². The predicted molar refractivity (Wildman–Crippen MR) is 85.0 cm³/mol. The van der Waals surface area contributed by atoms with Gasteiger partial charge in [0, 0.05) is 12.1 Å². The lowest BCUT2D eigenvalue weighted by Gasteiger charge is -2.03. The van der Waals surface area contributed by atoms with Gasteiger partial charge in [0.25, 0.3) is 5.69 Å². The van der Waals surface area contributed by atoms with Gasteiger partial charge in [0.1, 0.15) is 5.75 Å².